The van der Waals surface area contributed by atoms with Crippen molar-refractivity contribution in [2.75, 3.05) is 5.32 Å². The highest BCUT2D eigenvalue weighted by atomic mass is 79.9. The third kappa shape index (κ3) is 4.46. The van der Waals surface area contributed by atoms with Crippen molar-refractivity contribution in [3.8, 4) is 0 Å². The van der Waals surface area contributed by atoms with Gasteiger partial charge in [0.25, 0.3) is 0 Å². The summed E-state index contributed by atoms with van der Waals surface area (Å²) in [6.45, 7) is 4.20. The van der Waals surface area contributed by atoms with Crippen LogP contribution in [0.15, 0.2) is 59.2 Å². The number of carbonyl (C=O) groups is 1. The van der Waals surface area contributed by atoms with E-state index >= 15 is 0 Å². The van der Waals surface area contributed by atoms with Gasteiger partial charge >= 0.3 is 6.03 Å². The molecule has 2 N–H and O–H groups in total. The summed E-state index contributed by atoms with van der Waals surface area (Å²) in [5.41, 5.74) is 2.96. The molecule has 22 heavy (non-hydrogen) atoms. The number of amides is 2. The third-order valence-corrected chi connectivity index (χ3v) is 3.94. The SMILES string of the molecule is CC(C)c1ccccc1NC(=O)N/C=C/c1ccccc1Br. The lowest BCUT2D eigenvalue weighted by molar-refractivity contribution is 0.255. The number of nitrogens with one attached hydrogen (secondary N) is 2. The molecule has 2 rings (SSSR count). The Hall–Kier alpha value is -2.07. The number of anilines is 1. The van der Waals surface area contributed by atoms with E-state index in [0.29, 0.717) is 5.92 Å². The van der Waals surface area contributed by atoms with E-state index in [9.17, 15) is 4.79 Å². The summed E-state index contributed by atoms with van der Waals surface area (Å²) >= 11 is 3.46. The molecule has 0 spiro atoms. The monoisotopic (exact) mass is 358 g/mol. The maximum Gasteiger partial charge on any atom is 0.323 e. The molecule has 0 radical (unpaired) electrons. The van der Waals surface area contributed by atoms with Crippen LogP contribution in [0.3, 0.4) is 0 Å². The second-order valence-electron chi connectivity index (χ2n) is 5.20. The molecule has 114 valence electrons. The molecular weight excluding hydrogens is 340 g/mol. The van der Waals surface area contributed by atoms with Crippen molar-refractivity contribution in [1.29, 1.82) is 0 Å². The smallest absolute Gasteiger partial charge is 0.314 e. The van der Waals surface area contributed by atoms with Crippen LogP contribution in [0.25, 0.3) is 6.08 Å². The summed E-state index contributed by atoms with van der Waals surface area (Å²) in [6.07, 6.45) is 3.48. The van der Waals surface area contributed by atoms with E-state index in [4.69, 9.17) is 0 Å². The van der Waals surface area contributed by atoms with Gasteiger partial charge in [-0.25, -0.2) is 4.79 Å². The predicted octanol–water partition coefficient (Wildman–Crippen LogP) is 5.36. The van der Waals surface area contributed by atoms with E-state index in [1.54, 1.807) is 6.20 Å². The summed E-state index contributed by atoms with van der Waals surface area (Å²) in [5.74, 6) is 0.354. The minimum absolute atomic E-state index is 0.253. The predicted molar refractivity (Wildman–Crippen MR) is 95.9 cm³/mol. The number of para-hydroxylation sites is 1. The maximum absolute atomic E-state index is 12.0. The fourth-order valence-corrected chi connectivity index (χ4v) is 2.51. The van der Waals surface area contributed by atoms with Crippen molar-refractivity contribution < 1.29 is 4.79 Å². The van der Waals surface area contributed by atoms with E-state index in [-0.39, 0.29) is 6.03 Å². The first-order valence-corrected chi connectivity index (χ1v) is 7.94. The highest BCUT2D eigenvalue weighted by Crippen LogP contribution is 2.23. The van der Waals surface area contributed by atoms with Gasteiger partial charge in [0.05, 0.1) is 0 Å². The van der Waals surface area contributed by atoms with Crippen LogP contribution in [0.2, 0.25) is 0 Å². The topological polar surface area (TPSA) is 41.1 Å². The number of carbonyl (C=O) groups excluding carboxylic acids is 1. The van der Waals surface area contributed by atoms with Crippen LogP contribution in [0.1, 0.15) is 30.9 Å². The molecule has 2 aromatic rings. The average Bonchev–Trinajstić information content (AvgIpc) is 2.49. The first kappa shape index (κ1) is 16.3. The quantitative estimate of drug-likeness (QED) is 0.758. The van der Waals surface area contributed by atoms with Crippen LogP contribution in [-0.2, 0) is 0 Å². The Kier molecular flexibility index (Phi) is 5.78. The minimum Gasteiger partial charge on any atom is -0.314 e. The zero-order valence-electron chi connectivity index (χ0n) is 12.6. The molecule has 0 unspecified atom stereocenters. The van der Waals surface area contributed by atoms with Gasteiger partial charge in [-0.05, 0) is 35.3 Å². The second kappa shape index (κ2) is 7.80. The summed E-state index contributed by atoms with van der Waals surface area (Å²) < 4.78 is 0.985. The molecule has 0 saturated heterocycles. The zero-order chi connectivity index (χ0) is 15.9. The fraction of sp³-hybridized carbons (Fsp3) is 0.167. The average molecular weight is 359 g/mol. The highest BCUT2D eigenvalue weighted by molar-refractivity contribution is 9.10. The summed E-state index contributed by atoms with van der Waals surface area (Å²) in [4.78, 5) is 12.0. The van der Waals surface area contributed by atoms with Crippen LogP contribution in [0, 0.1) is 0 Å². The van der Waals surface area contributed by atoms with Gasteiger partial charge in [0.15, 0.2) is 0 Å². The lowest BCUT2D eigenvalue weighted by Crippen LogP contribution is -2.24. The summed E-state index contributed by atoms with van der Waals surface area (Å²) in [5, 5.41) is 5.60. The Balaban J connectivity index is 1.98. The molecule has 0 heterocycles. The zero-order valence-corrected chi connectivity index (χ0v) is 14.2. The molecular formula is C18H19BrN2O. The van der Waals surface area contributed by atoms with E-state index in [1.807, 2.05) is 54.6 Å². The Morgan fingerprint density at radius 1 is 1.09 bits per heavy atom. The molecule has 0 fully saturated rings. The molecule has 3 nitrogen and oxygen atoms in total. The van der Waals surface area contributed by atoms with Crippen molar-refractivity contribution in [2.45, 2.75) is 19.8 Å². The second-order valence-corrected chi connectivity index (χ2v) is 6.05. The molecule has 0 aliphatic heterocycles. The van der Waals surface area contributed by atoms with Gasteiger partial charge in [-0.3, -0.25) is 0 Å². The van der Waals surface area contributed by atoms with Crippen LogP contribution in [0.4, 0.5) is 10.5 Å². The first-order valence-electron chi connectivity index (χ1n) is 7.15. The number of urea groups is 1. The molecule has 0 aliphatic carbocycles. The normalized spacial score (nSPS) is 10.9. The molecule has 0 atom stereocenters. The van der Waals surface area contributed by atoms with Crippen LogP contribution < -0.4 is 10.6 Å². The van der Waals surface area contributed by atoms with Crippen molar-refractivity contribution in [3.63, 3.8) is 0 Å². The Morgan fingerprint density at radius 2 is 1.77 bits per heavy atom. The number of hydrogen-bond donors (Lipinski definition) is 2. The van der Waals surface area contributed by atoms with Crippen molar-refractivity contribution in [2.24, 2.45) is 0 Å². The number of halogens is 1. The van der Waals surface area contributed by atoms with Gasteiger partial charge in [-0.1, -0.05) is 66.2 Å². The van der Waals surface area contributed by atoms with Crippen molar-refractivity contribution in [1.82, 2.24) is 5.32 Å². The molecule has 0 aromatic heterocycles. The largest absolute Gasteiger partial charge is 0.323 e. The number of hydrogen-bond acceptors (Lipinski definition) is 1. The molecule has 2 amide bonds. The Labute approximate surface area is 139 Å². The lowest BCUT2D eigenvalue weighted by atomic mass is 10.0. The summed E-state index contributed by atoms with van der Waals surface area (Å²) in [7, 11) is 0. The van der Waals surface area contributed by atoms with Crippen LogP contribution in [0.5, 0.6) is 0 Å². The van der Waals surface area contributed by atoms with Gasteiger partial charge < -0.3 is 10.6 Å². The van der Waals surface area contributed by atoms with Crippen LogP contribution >= 0.6 is 15.9 Å². The van der Waals surface area contributed by atoms with E-state index in [0.717, 1.165) is 21.3 Å². The number of rotatable bonds is 4. The van der Waals surface area contributed by atoms with E-state index in [2.05, 4.69) is 40.4 Å². The van der Waals surface area contributed by atoms with Crippen LogP contribution in [-0.4, -0.2) is 6.03 Å². The van der Waals surface area contributed by atoms with Gasteiger partial charge in [0.1, 0.15) is 0 Å². The highest BCUT2D eigenvalue weighted by Gasteiger charge is 2.07. The molecule has 2 aromatic carbocycles. The molecule has 0 bridgehead atoms. The van der Waals surface area contributed by atoms with Gasteiger partial charge in [-0.15, -0.1) is 0 Å². The molecule has 0 aliphatic rings. The summed E-state index contributed by atoms with van der Waals surface area (Å²) in [6, 6.07) is 15.4. The van der Waals surface area contributed by atoms with Gasteiger partial charge in [0.2, 0.25) is 0 Å². The van der Waals surface area contributed by atoms with E-state index in [1.165, 1.54) is 0 Å². The standard InChI is InChI=1S/C18H19BrN2O/c1-13(2)15-8-4-6-10-17(15)21-18(22)20-12-11-14-7-3-5-9-16(14)19/h3-13H,1-2H3,(H2,20,21,22)/b12-11+. The fourth-order valence-electron chi connectivity index (χ4n) is 2.09. The van der Waals surface area contributed by atoms with Gasteiger partial charge in [0, 0.05) is 16.4 Å². The first-order chi connectivity index (χ1) is 10.6. The molecule has 4 heteroatoms. The number of benzene rings is 2. The van der Waals surface area contributed by atoms with Crippen molar-refractivity contribution in [3.05, 3.63) is 70.3 Å². The Bertz CT molecular complexity index is 680. The van der Waals surface area contributed by atoms with Gasteiger partial charge in [-0.2, -0.15) is 0 Å². The lowest BCUT2D eigenvalue weighted by Gasteiger charge is -2.13. The minimum atomic E-state index is -0.253. The van der Waals surface area contributed by atoms with Crippen molar-refractivity contribution >= 4 is 33.7 Å². The third-order valence-electron chi connectivity index (χ3n) is 3.21. The molecule has 0 saturated carbocycles. The van der Waals surface area contributed by atoms with E-state index < -0.39 is 0 Å². The maximum atomic E-state index is 12.0. The Morgan fingerprint density at radius 3 is 2.50 bits per heavy atom.